The van der Waals surface area contributed by atoms with Crippen LogP contribution in [0.1, 0.15) is 50.5 Å². The first-order valence-electron chi connectivity index (χ1n) is 14.9. The molecule has 1 atom stereocenters. The van der Waals surface area contributed by atoms with Gasteiger partial charge in [-0.3, -0.25) is 9.69 Å². The highest BCUT2D eigenvalue weighted by Gasteiger charge is 2.33. The van der Waals surface area contributed by atoms with Gasteiger partial charge >= 0.3 is 0 Å². The first-order valence-corrected chi connectivity index (χ1v) is 15.3. The summed E-state index contributed by atoms with van der Waals surface area (Å²) >= 11 is 6.36. The fourth-order valence-corrected chi connectivity index (χ4v) is 6.98. The Morgan fingerprint density at radius 2 is 1.58 bits per heavy atom. The molecular formula is C32H45ClN4O. The second kappa shape index (κ2) is 13.4. The number of nitrogens with zero attached hydrogens (tertiary/aromatic N) is 3. The zero-order valence-corrected chi connectivity index (χ0v) is 23.6. The molecule has 206 valence electrons. The molecule has 0 unspecified atom stereocenters. The van der Waals surface area contributed by atoms with Crippen LogP contribution in [-0.2, 0) is 11.2 Å². The second-order valence-electron chi connectivity index (χ2n) is 11.8. The summed E-state index contributed by atoms with van der Waals surface area (Å²) in [5, 5.41) is 0.790. The third kappa shape index (κ3) is 7.18. The van der Waals surface area contributed by atoms with Gasteiger partial charge in [0.2, 0.25) is 5.91 Å². The van der Waals surface area contributed by atoms with Crippen molar-refractivity contribution < 1.29 is 4.79 Å². The van der Waals surface area contributed by atoms with Crippen molar-refractivity contribution in [1.82, 2.24) is 14.7 Å². The molecule has 0 spiro atoms. The Hall–Kier alpha value is -1.92. The highest BCUT2D eigenvalue weighted by Crippen LogP contribution is 2.28. The number of hydrogen-bond donors (Lipinski definition) is 1. The molecular weight excluding hydrogens is 492 g/mol. The molecule has 3 aliphatic rings. The van der Waals surface area contributed by atoms with Crippen LogP contribution in [0.2, 0.25) is 5.02 Å². The van der Waals surface area contributed by atoms with Crippen molar-refractivity contribution in [3.8, 4) is 11.1 Å². The molecule has 2 saturated heterocycles. The zero-order valence-electron chi connectivity index (χ0n) is 22.9. The van der Waals surface area contributed by atoms with E-state index in [2.05, 4.69) is 52.3 Å². The van der Waals surface area contributed by atoms with Gasteiger partial charge in [0, 0.05) is 44.3 Å². The summed E-state index contributed by atoms with van der Waals surface area (Å²) in [5.41, 5.74) is 10.4. The van der Waals surface area contributed by atoms with E-state index in [0.29, 0.717) is 0 Å². The normalized spacial score (nSPS) is 21.5. The molecule has 2 heterocycles. The maximum absolute atomic E-state index is 13.2. The summed E-state index contributed by atoms with van der Waals surface area (Å²) in [7, 11) is 0. The number of nitrogens with two attached hydrogens (primary N) is 1. The Labute approximate surface area is 234 Å². The quantitative estimate of drug-likeness (QED) is 0.496. The first kappa shape index (κ1) is 27.6. The van der Waals surface area contributed by atoms with Crippen molar-refractivity contribution in [2.75, 3.05) is 52.4 Å². The lowest BCUT2D eigenvalue weighted by molar-refractivity contribution is -0.136. The smallest absolute Gasteiger partial charge is 0.239 e. The maximum atomic E-state index is 13.2. The van der Waals surface area contributed by atoms with E-state index in [0.717, 1.165) is 76.0 Å². The Kier molecular flexibility index (Phi) is 9.77. The van der Waals surface area contributed by atoms with Crippen LogP contribution in [0.15, 0.2) is 48.5 Å². The fourth-order valence-electron chi connectivity index (χ4n) is 6.78. The van der Waals surface area contributed by atoms with Gasteiger partial charge in [-0.1, -0.05) is 67.3 Å². The average Bonchev–Trinajstić information content (AvgIpc) is 2.97. The first-order chi connectivity index (χ1) is 18.6. The number of piperazine rings is 1. The summed E-state index contributed by atoms with van der Waals surface area (Å²) in [6.07, 6.45) is 9.92. The predicted octanol–water partition coefficient (Wildman–Crippen LogP) is 5.31. The minimum atomic E-state index is -0.361. The van der Waals surface area contributed by atoms with Gasteiger partial charge in [-0.05, 0) is 85.9 Å². The number of likely N-dealkylation sites (tertiary alicyclic amines) is 1. The van der Waals surface area contributed by atoms with Crippen LogP contribution >= 0.6 is 11.6 Å². The van der Waals surface area contributed by atoms with Crippen molar-refractivity contribution in [1.29, 1.82) is 0 Å². The third-order valence-electron chi connectivity index (χ3n) is 9.20. The second-order valence-corrected chi connectivity index (χ2v) is 12.2. The molecule has 5 rings (SSSR count). The number of benzene rings is 2. The fraction of sp³-hybridized carbons (Fsp3) is 0.594. The van der Waals surface area contributed by atoms with E-state index in [1.807, 2.05) is 11.0 Å². The number of rotatable bonds is 8. The number of hydrogen-bond acceptors (Lipinski definition) is 4. The molecule has 6 heteroatoms. The van der Waals surface area contributed by atoms with E-state index in [9.17, 15) is 4.79 Å². The average molecular weight is 537 g/mol. The lowest BCUT2D eigenvalue weighted by atomic mass is 9.88. The highest BCUT2D eigenvalue weighted by molar-refractivity contribution is 6.30. The molecule has 1 aliphatic carbocycles. The largest absolute Gasteiger partial charge is 0.339 e. The predicted molar refractivity (Wildman–Crippen MR) is 157 cm³/mol. The summed E-state index contributed by atoms with van der Waals surface area (Å²) in [5.74, 6) is 1.32. The van der Waals surface area contributed by atoms with Gasteiger partial charge in [0.05, 0.1) is 6.04 Å². The van der Waals surface area contributed by atoms with Crippen LogP contribution in [0.25, 0.3) is 11.1 Å². The van der Waals surface area contributed by atoms with E-state index >= 15 is 0 Å². The summed E-state index contributed by atoms with van der Waals surface area (Å²) in [6, 6.07) is 16.4. The molecule has 3 fully saturated rings. The van der Waals surface area contributed by atoms with E-state index in [4.69, 9.17) is 17.3 Å². The van der Waals surface area contributed by atoms with E-state index in [1.54, 1.807) is 0 Å². The van der Waals surface area contributed by atoms with Gasteiger partial charge < -0.3 is 15.5 Å². The SMILES string of the molecule is N[C@@H](C(=O)N1CCN(CC2CCCCC2)CC1)C1CCN(CCc2cc(Cl)ccc2-c2ccccc2)CC1. The van der Waals surface area contributed by atoms with Gasteiger partial charge in [0.15, 0.2) is 0 Å². The van der Waals surface area contributed by atoms with Crippen LogP contribution in [0.3, 0.4) is 0 Å². The van der Waals surface area contributed by atoms with E-state index in [1.165, 1.54) is 55.3 Å². The molecule has 0 radical (unpaired) electrons. The highest BCUT2D eigenvalue weighted by atomic mass is 35.5. The Bertz CT molecular complexity index is 1030. The monoisotopic (exact) mass is 536 g/mol. The standard InChI is InChI=1S/C32H45ClN4O/c33-29-11-12-30(26-9-5-2-6-10-26)28(23-29)15-18-35-16-13-27(14-17-35)31(34)32(38)37-21-19-36(20-22-37)24-25-7-3-1-4-8-25/h2,5-6,9-12,23,25,27,31H,1,3-4,7-8,13-22,24,34H2/t31-/m1/s1. The van der Waals surface area contributed by atoms with Crippen LogP contribution in [0.4, 0.5) is 0 Å². The van der Waals surface area contributed by atoms with Gasteiger partial charge in [0.1, 0.15) is 0 Å². The van der Waals surface area contributed by atoms with Crippen molar-refractivity contribution in [2.24, 2.45) is 17.6 Å². The van der Waals surface area contributed by atoms with Crippen LogP contribution < -0.4 is 5.73 Å². The van der Waals surface area contributed by atoms with Crippen molar-refractivity contribution in [2.45, 2.75) is 57.4 Å². The van der Waals surface area contributed by atoms with Crippen LogP contribution in [-0.4, -0.2) is 79.0 Å². The summed E-state index contributed by atoms with van der Waals surface area (Å²) < 4.78 is 0. The lowest BCUT2D eigenvalue weighted by Crippen LogP contribution is -2.56. The Balaban J connectivity index is 1.06. The molecule has 1 saturated carbocycles. The van der Waals surface area contributed by atoms with Crippen molar-refractivity contribution >= 4 is 17.5 Å². The van der Waals surface area contributed by atoms with E-state index in [-0.39, 0.29) is 17.9 Å². The van der Waals surface area contributed by atoms with Gasteiger partial charge in [-0.15, -0.1) is 0 Å². The molecule has 0 bridgehead atoms. The molecule has 0 aromatic heterocycles. The van der Waals surface area contributed by atoms with Gasteiger partial charge in [-0.2, -0.15) is 0 Å². The number of piperidine rings is 1. The van der Waals surface area contributed by atoms with Gasteiger partial charge in [0.25, 0.3) is 0 Å². The number of carbonyl (C=O) groups excluding carboxylic acids is 1. The Morgan fingerprint density at radius 3 is 2.29 bits per heavy atom. The minimum Gasteiger partial charge on any atom is -0.339 e. The molecule has 38 heavy (non-hydrogen) atoms. The topological polar surface area (TPSA) is 52.8 Å². The molecule has 2 N–H and O–H groups in total. The zero-order chi connectivity index (χ0) is 26.3. The van der Waals surface area contributed by atoms with Crippen LogP contribution in [0, 0.1) is 11.8 Å². The molecule has 1 amide bonds. The molecule has 5 nitrogen and oxygen atoms in total. The number of carbonyl (C=O) groups is 1. The van der Waals surface area contributed by atoms with E-state index < -0.39 is 0 Å². The summed E-state index contributed by atoms with van der Waals surface area (Å²) in [6.45, 7) is 7.89. The number of halogens is 1. The Morgan fingerprint density at radius 1 is 0.868 bits per heavy atom. The third-order valence-corrected chi connectivity index (χ3v) is 9.43. The maximum Gasteiger partial charge on any atom is 0.239 e. The molecule has 2 aliphatic heterocycles. The number of amides is 1. The molecule has 2 aromatic carbocycles. The van der Waals surface area contributed by atoms with Gasteiger partial charge in [-0.25, -0.2) is 0 Å². The molecule has 2 aromatic rings. The van der Waals surface area contributed by atoms with Crippen LogP contribution in [0.5, 0.6) is 0 Å². The van der Waals surface area contributed by atoms with Crippen molar-refractivity contribution in [3.05, 3.63) is 59.1 Å². The minimum absolute atomic E-state index is 0.173. The van der Waals surface area contributed by atoms with Crippen molar-refractivity contribution in [3.63, 3.8) is 0 Å². The summed E-state index contributed by atoms with van der Waals surface area (Å²) in [4.78, 5) is 20.4. The lowest BCUT2D eigenvalue weighted by Gasteiger charge is -2.40.